The fourth-order valence-electron chi connectivity index (χ4n) is 0.782. The molecule has 0 aliphatic heterocycles. The van der Waals surface area contributed by atoms with Gasteiger partial charge in [0.2, 0.25) is 0 Å². The Hall–Kier alpha value is 0.270. The monoisotopic (exact) mass is 206 g/mol. The van der Waals surface area contributed by atoms with Gasteiger partial charge in [-0.25, -0.2) is 0 Å². The molecule has 1 unspecified atom stereocenters. The minimum atomic E-state index is 0.261. The molecule has 1 atom stereocenters. The highest BCUT2D eigenvalue weighted by Crippen LogP contribution is 2.08. The lowest BCUT2D eigenvalue weighted by atomic mass is 10.1. The molecule has 0 heterocycles. The molecule has 13 heavy (non-hydrogen) atoms. The molecule has 0 aromatic rings. The highest BCUT2D eigenvalue weighted by Gasteiger charge is 1.99. The Bertz CT molecular complexity index is 107. The van der Waals surface area contributed by atoms with Gasteiger partial charge in [-0.2, -0.15) is 11.8 Å². The van der Waals surface area contributed by atoms with E-state index in [1.54, 1.807) is 11.8 Å². The van der Waals surface area contributed by atoms with Crippen molar-refractivity contribution in [1.29, 1.82) is 0 Å². The van der Waals surface area contributed by atoms with Crippen LogP contribution >= 0.6 is 11.8 Å². The second-order valence-electron chi connectivity index (χ2n) is 3.66. The van der Waals surface area contributed by atoms with Gasteiger partial charge in [-0.1, -0.05) is 20.8 Å². The summed E-state index contributed by atoms with van der Waals surface area (Å²) in [6, 6.07) is 0. The molecule has 1 N–H and O–H groups in total. The lowest BCUT2D eigenvalue weighted by Gasteiger charge is -2.08. The summed E-state index contributed by atoms with van der Waals surface area (Å²) < 4.78 is 5.44. The molecule has 2 nitrogen and oxygen atoms in total. The van der Waals surface area contributed by atoms with Crippen LogP contribution < -0.4 is 0 Å². The van der Waals surface area contributed by atoms with Gasteiger partial charge in [0.25, 0.3) is 0 Å². The van der Waals surface area contributed by atoms with Crippen molar-refractivity contribution in [3.05, 3.63) is 0 Å². The minimum Gasteiger partial charge on any atom is -0.395 e. The number of aliphatic hydroxyl groups excluding tert-OH is 1. The van der Waals surface area contributed by atoms with Crippen LogP contribution in [0.25, 0.3) is 0 Å². The topological polar surface area (TPSA) is 29.5 Å². The van der Waals surface area contributed by atoms with Crippen molar-refractivity contribution in [2.75, 3.05) is 25.6 Å². The molecule has 0 fully saturated rings. The predicted octanol–water partition coefficient (Wildman–Crippen LogP) is 2.16. The molecule has 0 bridgehead atoms. The number of ether oxygens (including phenoxy) is 1. The molecule has 0 saturated heterocycles. The van der Waals surface area contributed by atoms with E-state index >= 15 is 0 Å². The fraction of sp³-hybridized carbons (Fsp3) is 1.00. The summed E-state index contributed by atoms with van der Waals surface area (Å²) in [5.74, 6) is 1.71. The second kappa shape index (κ2) is 8.85. The molecule has 0 aliphatic carbocycles. The Kier molecular flexibility index (Phi) is 9.03. The zero-order chi connectivity index (χ0) is 10.1. The van der Waals surface area contributed by atoms with Crippen molar-refractivity contribution in [3.8, 4) is 0 Å². The molecule has 0 saturated carbocycles. The van der Waals surface area contributed by atoms with Crippen molar-refractivity contribution in [3.63, 3.8) is 0 Å². The Labute approximate surface area is 86.1 Å². The highest BCUT2D eigenvalue weighted by atomic mass is 32.2. The molecular formula is C10H22O2S. The van der Waals surface area contributed by atoms with Gasteiger partial charge in [0.1, 0.15) is 0 Å². The van der Waals surface area contributed by atoms with Gasteiger partial charge in [-0.05, 0) is 12.3 Å². The molecule has 0 aromatic carbocycles. The Balaban J connectivity index is 2.99. The maximum Gasteiger partial charge on any atom is 0.0556 e. The number of rotatable bonds is 8. The van der Waals surface area contributed by atoms with Crippen LogP contribution in [0.1, 0.15) is 27.2 Å². The number of hydrogen-bond acceptors (Lipinski definition) is 3. The first-order valence-electron chi connectivity index (χ1n) is 4.97. The van der Waals surface area contributed by atoms with Gasteiger partial charge in [-0.15, -0.1) is 0 Å². The molecular weight excluding hydrogens is 184 g/mol. The van der Waals surface area contributed by atoms with E-state index in [9.17, 15) is 0 Å². The highest BCUT2D eigenvalue weighted by molar-refractivity contribution is 7.99. The van der Waals surface area contributed by atoms with Crippen LogP contribution in [-0.4, -0.2) is 35.9 Å². The van der Waals surface area contributed by atoms with E-state index in [-0.39, 0.29) is 6.61 Å². The third-order valence-electron chi connectivity index (χ3n) is 1.73. The summed E-state index contributed by atoms with van der Waals surface area (Å²) >= 11 is 1.76. The van der Waals surface area contributed by atoms with Crippen molar-refractivity contribution < 1.29 is 9.84 Å². The number of aliphatic hydroxyl groups is 1. The summed E-state index contributed by atoms with van der Waals surface area (Å²) in [5, 5.41) is 9.09. The van der Waals surface area contributed by atoms with Crippen LogP contribution in [0.3, 0.4) is 0 Å². The van der Waals surface area contributed by atoms with Crippen LogP contribution in [-0.2, 0) is 4.74 Å². The number of thioether (sulfide) groups is 1. The minimum absolute atomic E-state index is 0.261. The standard InChI is InChI=1S/C10H22O2S/c1-9(2)4-5-12-6-7-13-10(3)8-11/h9-11H,4-8H2,1-3H3. The second-order valence-corrected chi connectivity index (χ2v) is 5.21. The first-order chi connectivity index (χ1) is 6.16. The normalized spacial score (nSPS) is 13.6. The van der Waals surface area contributed by atoms with E-state index in [1.165, 1.54) is 0 Å². The molecule has 0 amide bonds. The molecule has 0 aliphatic rings. The molecule has 0 spiro atoms. The average molecular weight is 206 g/mol. The van der Waals surface area contributed by atoms with Crippen LogP contribution in [0, 0.1) is 5.92 Å². The van der Waals surface area contributed by atoms with E-state index in [4.69, 9.17) is 9.84 Å². The Morgan fingerprint density at radius 2 is 1.92 bits per heavy atom. The SMILES string of the molecule is CC(C)CCOCCSC(C)CO. The molecule has 0 aromatic heterocycles. The summed E-state index contributed by atoms with van der Waals surface area (Å²) in [6.45, 7) is 8.36. The van der Waals surface area contributed by atoms with Gasteiger partial charge in [0.05, 0.1) is 13.2 Å². The zero-order valence-corrected chi connectivity index (χ0v) is 9.77. The molecule has 0 radical (unpaired) electrons. The van der Waals surface area contributed by atoms with Crippen molar-refractivity contribution >= 4 is 11.8 Å². The van der Waals surface area contributed by atoms with Gasteiger partial charge in [0.15, 0.2) is 0 Å². The molecule has 80 valence electrons. The van der Waals surface area contributed by atoms with E-state index < -0.39 is 0 Å². The van der Waals surface area contributed by atoms with Crippen molar-refractivity contribution in [2.24, 2.45) is 5.92 Å². The maximum absolute atomic E-state index is 8.75. The van der Waals surface area contributed by atoms with Crippen molar-refractivity contribution in [2.45, 2.75) is 32.4 Å². The largest absolute Gasteiger partial charge is 0.395 e. The third-order valence-corrected chi connectivity index (χ3v) is 2.85. The van der Waals surface area contributed by atoms with Crippen LogP contribution in [0.5, 0.6) is 0 Å². The lowest BCUT2D eigenvalue weighted by Crippen LogP contribution is -2.07. The summed E-state index contributed by atoms with van der Waals surface area (Å²) in [7, 11) is 0. The van der Waals surface area contributed by atoms with E-state index in [2.05, 4.69) is 13.8 Å². The van der Waals surface area contributed by atoms with E-state index in [1.807, 2.05) is 6.92 Å². The maximum atomic E-state index is 8.75. The smallest absolute Gasteiger partial charge is 0.0556 e. The van der Waals surface area contributed by atoms with Crippen LogP contribution in [0.15, 0.2) is 0 Å². The van der Waals surface area contributed by atoms with Gasteiger partial charge in [-0.3, -0.25) is 0 Å². The summed E-state index contributed by atoms with van der Waals surface area (Å²) in [4.78, 5) is 0. The van der Waals surface area contributed by atoms with E-state index in [0.29, 0.717) is 5.25 Å². The fourth-order valence-corrected chi connectivity index (χ4v) is 1.50. The average Bonchev–Trinajstić information content (AvgIpc) is 2.10. The zero-order valence-electron chi connectivity index (χ0n) is 8.95. The van der Waals surface area contributed by atoms with Gasteiger partial charge >= 0.3 is 0 Å². The van der Waals surface area contributed by atoms with Crippen LogP contribution in [0.4, 0.5) is 0 Å². The van der Waals surface area contributed by atoms with E-state index in [0.717, 1.165) is 31.3 Å². The lowest BCUT2D eigenvalue weighted by molar-refractivity contribution is 0.138. The van der Waals surface area contributed by atoms with Gasteiger partial charge in [0, 0.05) is 17.6 Å². The third kappa shape index (κ3) is 10.2. The Morgan fingerprint density at radius 1 is 1.23 bits per heavy atom. The molecule has 3 heteroatoms. The quantitative estimate of drug-likeness (QED) is 0.617. The molecule has 0 rings (SSSR count). The summed E-state index contributed by atoms with van der Waals surface area (Å²) in [5.41, 5.74) is 0. The van der Waals surface area contributed by atoms with Crippen molar-refractivity contribution in [1.82, 2.24) is 0 Å². The Morgan fingerprint density at radius 3 is 2.46 bits per heavy atom. The van der Waals surface area contributed by atoms with Gasteiger partial charge < -0.3 is 9.84 Å². The first kappa shape index (κ1) is 13.3. The number of hydrogen-bond donors (Lipinski definition) is 1. The van der Waals surface area contributed by atoms with Crippen LogP contribution in [0.2, 0.25) is 0 Å². The summed E-state index contributed by atoms with van der Waals surface area (Å²) in [6.07, 6.45) is 1.14. The predicted molar refractivity (Wildman–Crippen MR) is 59.3 cm³/mol. The first-order valence-corrected chi connectivity index (χ1v) is 6.02.